The SMILES string of the molecule is O=C(C1CCCCN1C(=O)c1cccnc1)N1CC2CCCC2C1. The van der Waals surface area contributed by atoms with Crippen LogP contribution in [0.2, 0.25) is 0 Å². The van der Waals surface area contributed by atoms with E-state index in [9.17, 15) is 9.59 Å². The van der Waals surface area contributed by atoms with Crippen molar-refractivity contribution < 1.29 is 9.59 Å². The molecule has 1 aromatic heterocycles. The Morgan fingerprint density at radius 2 is 1.83 bits per heavy atom. The van der Waals surface area contributed by atoms with Crippen LogP contribution in [-0.4, -0.2) is 52.3 Å². The highest BCUT2D eigenvalue weighted by Gasteiger charge is 2.42. The molecule has 0 spiro atoms. The zero-order valence-electron chi connectivity index (χ0n) is 14.1. The van der Waals surface area contributed by atoms with Crippen molar-refractivity contribution in [3.8, 4) is 0 Å². The van der Waals surface area contributed by atoms with Crippen LogP contribution in [0.4, 0.5) is 0 Å². The maximum atomic E-state index is 13.1. The Bertz CT molecular complexity index is 606. The molecule has 3 atom stereocenters. The quantitative estimate of drug-likeness (QED) is 0.838. The maximum Gasteiger partial charge on any atom is 0.256 e. The monoisotopic (exact) mass is 327 g/mol. The van der Waals surface area contributed by atoms with E-state index in [1.165, 1.54) is 19.3 Å². The number of pyridine rings is 1. The molecule has 3 unspecified atom stereocenters. The van der Waals surface area contributed by atoms with Gasteiger partial charge in [-0.3, -0.25) is 14.6 Å². The van der Waals surface area contributed by atoms with E-state index in [0.29, 0.717) is 23.9 Å². The lowest BCUT2D eigenvalue weighted by Crippen LogP contribution is -2.52. The van der Waals surface area contributed by atoms with Crippen LogP contribution in [0.25, 0.3) is 0 Å². The molecule has 1 saturated carbocycles. The van der Waals surface area contributed by atoms with Gasteiger partial charge in [0.2, 0.25) is 5.91 Å². The normalized spacial score (nSPS) is 29.6. The highest BCUT2D eigenvalue weighted by Crippen LogP contribution is 2.38. The van der Waals surface area contributed by atoms with Crippen molar-refractivity contribution in [3.63, 3.8) is 0 Å². The molecule has 3 aliphatic rings. The van der Waals surface area contributed by atoms with Crippen molar-refractivity contribution in [2.45, 2.75) is 44.6 Å². The van der Waals surface area contributed by atoms with E-state index in [0.717, 1.165) is 32.4 Å². The second-order valence-corrected chi connectivity index (χ2v) is 7.45. The number of carbonyl (C=O) groups excluding carboxylic acids is 2. The lowest BCUT2D eigenvalue weighted by Gasteiger charge is -2.37. The summed E-state index contributed by atoms with van der Waals surface area (Å²) in [5, 5.41) is 0. The number of carbonyl (C=O) groups is 2. The third kappa shape index (κ3) is 2.80. The summed E-state index contributed by atoms with van der Waals surface area (Å²) >= 11 is 0. The second kappa shape index (κ2) is 6.54. The first kappa shape index (κ1) is 15.6. The fraction of sp³-hybridized carbons (Fsp3) is 0.632. The van der Waals surface area contributed by atoms with Gasteiger partial charge < -0.3 is 9.80 Å². The molecule has 5 nitrogen and oxygen atoms in total. The number of aromatic nitrogens is 1. The summed E-state index contributed by atoms with van der Waals surface area (Å²) in [6.45, 7) is 2.47. The molecule has 128 valence electrons. The van der Waals surface area contributed by atoms with Crippen LogP contribution in [-0.2, 0) is 4.79 Å². The van der Waals surface area contributed by atoms with E-state index in [4.69, 9.17) is 0 Å². The minimum absolute atomic E-state index is 0.0551. The number of hydrogen-bond donors (Lipinski definition) is 0. The molecule has 2 saturated heterocycles. The van der Waals surface area contributed by atoms with Crippen LogP contribution in [0.5, 0.6) is 0 Å². The number of hydrogen-bond acceptors (Lipinski definition) is 3. The number of likely N-dealkylation sites (tertiary alicyclic amines) is 2. The highest BCUT2D eigenvalue weighted by molar-refractivity contribution is 5.97. The number of fused-ring (bicyclic) bond motifs is 1. The Labute approximate surface area is 143 Å². The first-order valence-corrected chi connectivity index (χ1v) is 9.24. The van der Waals surface area contributed by atoms with Crippen LogP contribution in [0.1, 0.15) is 48.9 Å². The van der Waals surface area contributed by atoms with Crippen LogP contribution >= 0.6 is 0 Å². The van der Waals surface area contributed by atoms with Gasteiger partial charge in [-0.1, -0.05) is 6.42 Å². The van der Waals surface area contributed by atoms with E-state index in [1.807, 2.05) is 4.90 Å². The van der Waals surface area contributed by atoms with Crippen molar-refractivity contribution >= 4 is 11.8 Å². The largest absolute Gasteiger partial charge is 0.340 e. The average molecular weight is 327 g/mol. The molecule has 3 fully saturated rings. The van der Waals surface area contributed by atoms with E-state index in [1.54, 1.807) is 29.4 Å². The van der Waals surface area contributed by atoms with Crippen molar-refractivity contribution in [1.82, 2.24) is 14.8 Å². The van der Waals surface area contributed by atoms with Crippen molar-refractivity contribution in [2.24, 2.45) is 11.8 Å². The fourth-order valence-corrected chi connectivity index (χ4v) is 4.71. The van der Waals surface area contributed by atoms with Crippen LogP contribution in [0, 0.1) is 11.8 Å². The van der Waals surface area contributed by atoms with Crippen LogP contribution in [0.3, 0.4) is 0 Å². The minimum atomic E-state index is -0.287. The molecular formula is C19H25N3O2. The van der Waals surface area contributed by atoms with Gasteiger partial charge >= 0.3 is 0 Å². The van der Waals surface area contributed by atoms with E-state index in [-0.39, 0.29) is 17.9 Å². The van der Waals surface area contributed by atoms with E-state index in [2.05, 4.69) is 4.98 Å². The predicted octanol–water partition coefficient (Wildman–Crippen LogP) is 2.33. The van der Waals surface area contributed by atoms with Gasteiger partial charge in [0, 0.05) is 32.0 Å². The molecule has 5 heteroatoms. The molecule has 0 N–H and O–H groups in total. The van der Waals surface area contributed by atoms with Crippen LogP contribution in [0.15, 0.2) is 24.5 Å². The van der Waals surface area contributed by atoms with Crippen molar-refractivity contribution in [2.75, 3.05) is 19.6 Å². The van der Waals surface area contributed by atoms with Crippen LogP contribution < -0.4 is 0 Å². The lowest BCUT2D eigenvalue weighted by molar-refractivity contribution is -0.136. The Morgan fingerprint density at radius 1 is 1.04 bits per heavy atom. The zero-order valence-corrected chi connectivity index (χ0v) is 14.1. The molecule has 2 amide bonds. The molecule has 0 radical (unpaired) electrons. The highest BCUT2D eigenvalue weighted by atomic mass is 16.2. The standard InChI is InChI=1S/C19H25N3O2/c23-18(14-7-4-9-20-11-14)22-10-2-1-8-17(22)19(24)21-12-15-5-3-6-16(15)13-21/h4,7,9,11,15-17H,1-3,5-6,8,10,12-13H2. The van der Waals surface area contributed by atoms with E-state index >= 15 is 0 Å². The van der Waals surface area contributed by atoms with Gasteiger partial charge in [0.05, 0.1) is 5.56 Å². The van der Waals surface area contributed by atoms with Gasteiger partial charge in [-0.15, -0.1) is 0 Å². The first-order chi connectivity index (χ1) is 11.7. The average Bonchev–Trinajstić information content (AvgIpc) is 3.23. The summed E-state index contributed by atoms with van der Waals surface area (Å²) in [7, 11) is 0. The second-order valence-electron chi connectivity index (χ2n) is 7.45. The van der Waals surface area contributed by atoms with Gasteiger partial charge in [0.15, 0.2) is 0 Å². The Kier molecular flexibility index (Phi) is 4.25. The summed E-state index contributed by atoms with van der Waals surface area (Å²) in [4.78, 5) is 33.8. The molecule has 1 aliphatic carbocycles. The first-order valence-electron chi connectivity index (χ1n) is 9.24. The smallest absolute Gasteiger partial charge is 0.256 e. The summed E-state index contributed by atoms with van der Waals surface area (Å²) in [5.74, 6) is 1.50. The van der Waals surface area contributed by atoms with Gasteiger partial charge in [0.25, 0.3) is 5.91 Å². The van der Waals surface area contributed by atoms with E-state index < -0.39 is 0 Å². The number of piperidine rings is 1. The van der Waals surface area contributed by atoms with Crippen molar-refractivity contribution in [1.29, 1.82) is 0 Å². The summed E-state index contributed by atoms with van der Waals surface area (Å²) in [5.41, 5.74) is 0.579. The number of amides is 2. The van der Waals surface area contributed by atoms with Gasteiger partial charge in [0.1, 0.15) is 6.04 Å². The molecule has 24 heavy (non-hydrogen) atoms. The lowest BCUT2D eigenvalue weighted by atomic mass is 9.99. The number of nitrogens with zero attached hydrogens (tertiary/aromatic N) is 3. The molecule has 0 bridgehead atoms. The topological polar surface area (TPSA) is 53.5 Å². The fourth-order valence-electron chi connectivity index (χ4n) is 4.71. The van der Waals surface area contributed by atoms with Gasteiger partial charge in [-0.05, 0) is 56.1 Å². The van der Waals surface area contributed by atoms with Gasteiger partial charge in [-0.25, -0.2) is 0 Å². The Hall–Kier alpha value is -1.91. The molecule has 2 aliphatic heterocycles. The molecule has 0 aromatic carbocycles. The third-order valence-electron chi connectivity index (χ3n) is 6.00. The predicted molar refractivity (Wildman–Crippen MR) is 90.3 cm³/mol. The summed E-state index contributed by atoms with van der Waals surface area (Å²) in [6.07, 6.45) is 9.88. The maximum absolute atomic E-state index is 13.1. The Balaban J connectivity index is 1.50. The number of rotatable bonds is 2. The summed E-state index contributed by atoms with van der Waals surface area (Å²) in [6, 6.07) is 3.27. The summed E-state index contributed by atoms with van der Waals surface area (Å²) < 4.78 is 0. The minimum Gasteiger partial charge on any atom is -0.340 e. The van der Waals surface area contributed by atoms with Gasteiger partial charge in [-0.2, -0.15) is 0 Å². The Morgan fingerprint density at radius 3 is 2.54 bits per heavy atom. The molecular weight excluding hydrogens is 302 g/mol. The zero-order chi connectivity index (χ0) is 16.5. The molecule has 1 aromatic rings. The molecule has 4 rings (SSSR count). The van der Waals surface area contributed by atoms with Crippen molar-refractivity contribution in [3.05, 3.63) is 30.1 Å². The molecule has 3 heterocycles. The third-order valence-corrected chi connectivity index (χ3v) is 6.00.